The standard InChI is InChI=1S/C12H16O/c1-4-12(13)8-11-6-5-9(2)10(3)7-11/h4-7,12-13H,1,8H2,2-3H3. The van der Waals surface area contributed by atoms with Gasteiger partial charge >= 0.3 is 0 Å². The normalized spacial score (nSPS) is 12.5. The van der Waals surface area contributed by atoms with Crippen LogP contribution in [-0.2, 0) is 6.42 Å². The van der Waals surface area contributed by atoms with Gasteiger partial charge in [0, 0.05) is 6.42 Å². The van der Waals surface area contributed by atoms with Crippen molar-refractivity contribution in [3.63, 3.8) is 0 Å². The van der Waals surface area contributed by atoms with Gasteiger partial charge in [0.05, 0.1) is 6.10 Å². The van der Waals surface area contributed by atoms with E-state index in [1.54, 1.807) is 6.08 Å². The molecule has 1 nitrogen and oxygen atoms in total. The lowest BCUT2D eigenvalue weighted by atomic mass is 10.0. The Hall–Kier alpha value is -1.08. The molecule has 1 atom stereocenters. The highest BCUT2D eigenvalue weighted by Crippen LogP contribution is 2.11. The summed E-state index contributed by atoms with van der Waals surface area (Å²) in [5.74, 6) is 0. The first kappa shape index (κ1) is 10.0. The van der Waals surface area contributed by atoms with E-state index in [9.17, 15) is 5.11 Å². The van der Waals surface area contributed by atoms with Crippen molar-refractivity contribution in [3.05, 3.63) is 47.5 Å². The number of hydrogen-bond donors (Lipinski definition) is 1. The van der Waals surface area contributed by atoms with Crippen LogP contribution in [0.25, 0.3) is 0 Å². The van der Waals surface area contributed by atoms with Crippen molar-refractivity contribution in [3.8, 4) is 0 Å². The van der Waals surface area contributed by atoms with Crippen LogP contribution in [0, 0.1) is 13.8 Å². The Morgan fingerprint density at radius 2 is 2.08 bits per heavy atom. The third kappa shape index (κ3) is 2.71. The maximum Gasteiger partial charge on any atom is 0.0758 e. The average Bonchev–Trinajstić information content (AvgIpc) is 2.11. The van der Waals surface area contributed by atoms with Crippen LogP contribution in [0.4, 0.5) is 0 Å². The second-order valence-corrected chi connectivity index (χ2v) is 3.43. The van der Waals surface area contributed by atoms with Crippen LogP contribution in [-0.4, -0.2) is 11.2 Å². The molecule has 0 aromatic heterocycles. The first-order chi connectivity index (χ1) is 6.13. The van der Waals surface area contributed by atoms with Crippen molar-refractivity contribution in [2.75, 3.05) is 0 Å². The summed E-state index contributed by atoms with van der Waals surface area (Å²) in [5.41, 5.74) is 3.72. The smallest absolute Gasteiger partial charge is 0.0758 e. The van der Waals surface area contributed by atoms with E-state index < -0.39 is 6.10 Å². The topological polar surface area (TPSA) is 20.2 Å². The van der Waals surface area contributed by atoms with Crippen LogP contribution in [0.15, 0.2) is 30.9 Å². The van der Waals surface area contributed by atoms with Gasteiger partial charge in [0.1, 0.15) is 0 Å². The molecule has 0 saturated heterocycles. The van der Waals surface area contributed by atoms with Crippen molar-refractivity contribution in [2.24, 2.45) is 0 Å². The van der Waals surface area contributed by atoms with E-state index >= 15 is 0 Å². The van der Waals surface area contributed by atoms with E-state index in [4.69, 9.17) is 0 Å². The lowest BCUT2D eigenvalue weighted by Crippen LogP contribution is -2.06. The predicted octanol–water partition coefficient (Wildman–Crippen LogP) is 2.39. The van der Waals surface area contributed by atoms with E-state index in [2.05, 4.69) is 38.6 Å². The zero-order chi connectivity index (χ0) is 9.84. The molecule has 0 radical (unpaired) electrons. The summed E-state index contributed by atoms with van der Waals surface area (Å²) in [4.78, 5) is 0. The second kappa shape index (κ2) is 4.24. The average molecular weight is 176 g/mol. The molecule has 1 N–H and O–H groups in total. The molecule has 70 valence electrons. The summed E-state index contributed by atoms with van der Waals surface area (Å²) in [6.07, 6.45) is 1.79. The van der Waals surface area contributed by atoms with Crippen LogP contribution in [0.5, 0.6) is 0 Å². The second-order valence-electron chi connectivity index (χ2n) is 3.43. The van der Waals surface area contributed by atoms with Gasteiger partial charge in [-0.2, -0.15) is 0 Å². The zero-order valence-electron chi connectivity index (χ0n) is 8.25. The number of aliphatic hydroxyl groups excluding tert-OH is 1. The Morgan fingerprint density at radius 3 is 2.62 bits per heavy atom. The lowest BCUT2D eigenvalue weighted by molar-refractivity contribution is 0.224. The molecule has 1 unspecified atom stereocenters. The summed E-state index contributed by atoms with van der Waals surface area (Å²) in [6.45, 7) is 7.72. The molecule has 0 spiro atoms. The van der Waals surface area contributed by atoms with E-state index in [0.29, 0.717) is 6.42 Å². The molecule has 1 aromatic carbocycles. The minimum absolute atomic E-state index is 0.429. The van der Waals surface area contributed by atoms with E-state index in [1.165, 1.54) is 11.1 Å². The summed E-state index contributed by atoms with van der Waals surface area (Å²) in [7, 11) is 0. The van der Waals surface area contributed by atoms with E-state index in [-0.39, 0.29) is 0 Å². The molecule has 0 aliphatic carbocycles. The van der Waals surface area contributed by atoms with Crippen molar-refractivity contribution in [2.45, 2.75) is 26.4 Å². The van der Waals surface area contributed by atoms with Gasteiger partial charge in [-0.1, -0.05) is 24.3 Å². The van der Waals surface area contributed by atoms with Crippen molar-refractivity contribution < 1.29 is 5.11 Å². The number of rotatable bonds is 3. The monoisotopic (exact) mass is 176 g/mol. The number of aliphatic hydroxyl groups is 1. The largest absolute Gasteiger partial charge is 0.389 e. The van der Waals surface area contributed by atoms with Crippen LogP contribution < -0.4 is 0 Å². The number of aryl methyl sites for hydroxylation is 2. The molecule has 1 aromatic rings. The van der Waals surface area contributed by atoms with Crippen molar-refractivity contribution >= 4 is 0 Å². The Bertz CT molecular complexity index is 302. The van der Waals surface area contributed by atoms with Crippen LogP contribution in [0.2, 0.25) is 0 Å². The molecule has 1 heteroatoms. The van der Waals surface area contributed by atoms with Crippen molar-refractivity contribution in [1.29, 1.82) is 0 Å². The van der Waals surface area contributed by atoms with Gasteiger partial charge in [-0.15, -0.1) is 6.58 Å². The highest BCUT2D eigenvalue weighted by atomic mass is 16.3. The minimum atomic E-state index is -0.429. The molecular formula is C12H16O. The van der Waals surface area contributed by atoms with Crippen LogP contribution in [0.3, 0.4) is 0 Å². The SMILES string of the molecule is C=CC(O)Cc1ccc(C)c(C)c1. The van der Waals surface area contributed by atoms with Gasteiger partial charge in [-0.05, 0) is 30.5 Å². The third-order valence-electron chi connectivity index (χ3n) is 2.29. The van der Waals surface area contributed by atoms with Crippen molar-refractivity contribution in [1.82, 2.24) is 0 Å². The maximum atomic E-state index is 9.35. The third-order valence-corrected chi connectivity index (χ3v) is 2.29. The fourth-order valence-electron chi connectivity index (χ4n) is 1.26. The van der Waals surface area contributed by atoms with E-state index in [1.807, 2.05) is 0 Å². The fourth-order valence-corrected chi connectivity index (χ4v) is 1.26. The van der Waals surface area contributed by atoms with Crippen LogP contribution >= 0.6 is 0 Å². The molecule has 0 heterocycles. The number of benzene rings is 1. The Balaban J connectivity index is 2.79. The molecular weight excluding hydrogens is 160 g/mol. The lowest BCUT2D eigenvalue weighted by Gasteiger charge is -2.07. The summed E-state index contributed by atoms with van der Waals surface area (Å²) < 4.78 is 0. The minimum Gasteiger partial charge on any atom is -0.389 e. The Labute approximate surface area is 79.7 Å². The maximum absolute atomic E-state index is 9.35. The molecule has 0 aliphatic heterocycles. The summed E-state index contributed by atoms with van der Waals surface area (Å²) >= 11 is 0. The predicted molar refractivity (Wildman–Crippen MR) is 55.8 cm³/mol. The highest BCUT2D eigenvalue weighted by Gasteiger charge is 2.01. The molecule has 13 heavy (non-hydrogen) atoms. The van der Waals surface area contributed by atoms with Gasteiger partial charge in [0.25, 0.3) is 0 Å². The van der Waals surface area contributed by atoms with Gasteiger partial charge < -0.3 is 5.11 Å². The molecule has 0 bridgehead atoms. The zero-order valence-corrected chi connectivity index (χ0v) is 8.25. The fraction of sp³-hybridized carbons (Fsp3) is 0.333. The van der Waals surface area contributed by atoms with Gasteiger partial charge in [0.15, 0.2) is 0 Å². The number of hydrogen-bond acceptors (Lipinski definition) is 1. The van der Waals surface area contributed by atoms with Gasteiger partial charge in [-0.3, -0.25) is 0 Å². The quantitative estimate of drug-likeness (QED) is 0.701. The summed E-state index contributed by atoms with van der Waals surface area (Å²) in [6, 6.07) is 6.25. The summed E-state index contributed by atoms with van der Waals surface area (Å²) in [5, 5.41) is 9.35. The van der Waals surface area contributed by atoms with Gasteiger partial charge in [-0.25, -0.2) is 0 Å². The highest BCUT2D eigenvalue weighted by molar-refractivity contribution is 5.30. The molecule has 0 saturated carbocycles. The molecule has 1 rings (SSSR count). The van der Waals surface area contributed by atoms with Gasteiger partial charge in [0.2, 0.25) is 0 Å². The first-order valence-electron chi connectivity index (χ1n) is 4.50. The Kier molecular flexibility index (Phi) is 3.26. The first-order valence-corrected chi connectivity index (χ1v) is 4.50. The molecule has 0 fully saturated rings. The van der Waals surface area contributed by atoms with Crippen LogP contribution in [0.1, 0.15) is 16.7 Å². The van der Waals surface area contributed by atoms with E-state index in [0.717, 1.165) is 5.56 Å². The molecule has 0 aliphatic rings. The molecule has 0 amide bonds. The Morgan fingerprint density at radius 1 is 1.38 bits per heavy atom.